The third-order valence-corrected chi connectivity index (χ3v) is 3.17. The molecule has 0 fully saturated rings. The summed E-state index contributed by atoms with van der Waals surface area (Å²) in [5.41, 5.74) is 1.35. The Hall–Kier alpha value is -1.05. The summed E-state index contributed by atoms with van der Waals surface area (Å²) in [4.78, 5) is 11.3. The molecule has 2 heteroatoms. The van der Waals surface area contributed by atoms with E-state index in [-0.39, 0.29) is 5.56 Å². The number of aromatic nitrogens is 1. The van der Waals surface area contributed by atoms with Crippen LogP contribution in [0.5, 0.6) is 0 Å². The fourth-order valence-electron chi connectivity index (χ4n) is 1.95. The Morgan fingerprint density at radius 3 is 2.62 bits per heavy atom. The summed E-state index contributed by atoms with van der Waals surface area (Å²) in [5, 5.41) is 0. The van der Waals surface area contributed by atoms with Crippen molar-refractivity contribution in [2.24, 2.45) is 7.05 Å². The maximum absolute atomic E-state index is 11.3. The van der Waals surface area contributed by atoms with Gasteiger partial charge in [0.2, 0.25) is 5.56 Å². The molecule has 0 saturated carbocycles. The molecule has 1 aromatic rings. The van der Waals surface area contributed by atoms with Crippen LogP contribution in [-0.4, -0.2) is 4.57 Å². The van der Waals surface area contributed by atoms with Gasteiger partial charge in [0.15, 0.2) is 0 Å². The van der Waals surface area contributed by atoms with Crippen molar-refractivity contribution in [3.8, 4) is 0 Å². The van der Waals surface area contributed by atoms with Gasteiger partial charge in [-0.3, -0.25) is 4.79 Å². The molecule has 0 radical (unpaired) electrons. The Bertz CT molecular complexity index is 367. The van der Waals surface area contributed by atoms with Crippen molar-refractivity contribution in [3.63, 3.8) is 0 Å². The van der Waals surface area contributed by atoms with Crippen LogP contribution in [0, 0.1) is 0 Å². The predicted octanol–water partition coefficient (Wildman–Crippen LogP) is 3.46. The Labute approximate surface area is 98.3 Å². The average molecular weight is 221 g/mol. The van der Waals surface area contributed by atoms with Gasteiger partial charge in [0, 0.05) is 19.3 Å². The molecule has 0 N–H and O–H groups in total. The lowest BCUT2D eigenvalue weighted by Crippen LogP contribution is -2.15. The largest absolute Gasteiger partial charge is 0.318 e. The molecular weight excluding hydrogens is 198 g/mol. The van der Waals surface area contributed by atoms with Gasteiger partial charge in [-0.2, -0.15) is 0 Å². The third-order valence-electron chi connectivity index (χ3n) is 3.17. The number of nitrogens with zero attached hydrogens (tertiary/aromatic N) is 1. The highest BCUT2D eigenvalue weighted by Crippen LogP contribution is 2.20. The molecule has 0 spiro atoms. The molecule has 0 aliphatic carbocycles. The Balaban J connectivity index is 2.49. The van der Waals surface area contributed by atoms with E-state index in [4.69, 9.17) is 0 Å². The summed E-state index contributed by atoms with van der Waals surface area (Å²) in [6.07, 6.45) is 8.42. The van der Waals surface area contributed by atoms with Crippen LogP contribution in [0.1, 0.15) is 57.4 Å². The lowest BCUT2D eigenvalue weighted by molar-refractivity contribution is 0.576. The molecule has 1 heterocycles. The lowest BCUT2D eigenvalue weighted by Gasteiger charge is -2.12. The highest BCUT2D eigenvalue weighted by molar-refractivity contribution is 5.14. The van der Waals surface area contributed by atoms with E-state index in [1.54, 1.807) is 10.6 Å². The number of rotatable bonds is 6. The standard InChI is InChI=1S/C14H23NO/c1-4-5-6-7-8-12(2)13-9-10-14(16)15(3)11-13/h9-12H,4-8H2,1-3H3. The van der Waals surface area contributed by atoms with Gasteiger partial charge in [0.1, 0.15) is 0 Å². The van der Waals surface area contributed by atoms with Crippen LogP contribution in [0.3, 0.4) is 0 Å². The van der Waals surface area contributed by atoms with Crippen LogP contribution in [-0.2, 0) is 7.05 Å². The smallest absolute Gasteiger partial charge is 0.250 e. The van der Waals surface area contributed by atoms with E-state index in [1.807, 2.05) is 19.3 Å². The van der Waals surface area contributed by atoms with E-state index in [1.165, 1.54) is 37.7 Å². The minimum absolute atomic E-state index is 0.0712. The number of pyridine rings is 1. The molecule has 1 unspecified atom stereocenters. The number of hydrogen-bond donors (Lipinski definition) is 0. The van der Waals surface area contributed by atoms with E-state index in [2.05, 4.69) is 13.8 Å². The van der Waals surface area contributed by atoms with Gasteiger partial charge in [0.25, 0.3) is 0 Å². The fourth-order valence-corrected chi connectivity index (χ4v) is 1.95. The third kappa shape index (κ3) is 3.84. The second-order valence-electron chi connectivity index (χ2n) is 4.66. The molecule has 0 bridgehead atoms. The van der Waals surface area contributed by atoms with E-state index in [9.17, 15) is 4.79 Å². The van der Waals surface area contributed by atoms with E-state index in [0.717, 1.165) is 0 Å². The fraction of sp³-hybridized carbons (Fsp3) is 0.643. The van der Waals surface area contributed by atoms with Crippen molar-refractivity contribution in [1.82, 2.24) is 4.57 Å². The number of unbranched alkanes of at least 4 members (excludes halogenated alkanes) is 3. The molecule has 0 aliphatic rings. The quantitative estimate of drug-likeness (QED) is 0.674. The summed E-state index contributed by atoms with van der Waals surface area (Å²) >= 11 is 0. The summed E-state index contributed by atoms with van der Waals surface area (Å²) in [6.45, 7) is 4.47. The molecule has 0 amide bonds. The first-order valence-electron chi connectivity index (χ1n) is 6.31. The number of hydrogen-bond acceptors (Lipinski definition) is 1. The number of aryl methyl sites for hydroxylation is 1. The van der Waals surface area contributed by atoms with Crippen molar-refractivity contribution in [2.45, 2.75) is 51.9 Å². The molecule has 0 aliphatic heterocycles. The van der Waals surface area contributed by atoms with Gasteiger partial charge in [-0.25, -0.2) is 0 Å². The van der Waals surface area contributed by atoms with E-state index >= 15 is 0 Å². The van der Waals surface area contributed by atoms with Crippen molar-refractivity contribution >= 4 is 0 Å². The SMILES string of the molecule is CCCCCCC(C)c1ccc(=O)n(C)c1. The molecule has 1 aromatic heterocycles. The van der Waals surface area contributed by atoms with Crippen molar-refractivity contribution < 1.29 is 0 Å². The van der Waals surface area contributed by atoms with Gasteiger partial charge >= 0.3 is 0 Å². The molecule has 1 rings (SSSR count). The molecule has 90 valence electrons. The van der Waals surface area contributed by atoms with Gasteiger partial charge in [-0.05, 0) is 17.9 Å². The Morgan fingerprint density at radius 2 is 2.00 bits per heavy atom. The highest BCUT2D eigenvalue weighted by Gasteiger charge is 2.05. The zero-order valence-corrected chi connectivity index (χ0v) is 10.7. The second kappa shape index (κ2) is 6.51. The minimum atomic E-state index is 0.0712. The predicted molar refractivity (Wildman–Crippen MR) is 68.9 cm³/mol. The van der Waals surface area contributed by atoms with Crippen LogP contribution < -0.4 is 5.56 Å². The zero-order chi connectivity index (χ0) is 12.0. The highest BCUT2D eigenvalue weighted by atomic mass is 16.1. The molecular formula is C14H23NO. The maximum atomic E-state index is 11.3. The normalized spacial score (nSPS) is 12.7. The van der Waals surface area contributed by atoms with Gasteiger partial charge in [-0.15, -0.1) is 0 Å². The summed E-state index contributed by atoms with van der Waals surface area (Å²) < 4.78 is 1.66. The minimum Gasteiger partial charge on any atom is -0.318 e. The molecule has 16 heavy (non-hydrogen) atoms. The summed E-state index contributed by atoms with van der Waals surface area (Å²) in [7, 11) is 1.82. The van der Waals surface area contributed by atoms with Crippen LogP contribution in [0.15, 0.2) is 23.1 Å². The maximum Gasteiger partial charge on any atom is 0.250 e. The first-order chi connectivity index (χ1) is 7.65. The molecule has 0 saturated heterocycles. The van der Waals surface area contributed by atoms with Crippen LogP contribution in [0.2, 0.25) is 0 Å². The van der Waals surface area contributed by atoms with E-state index in [0.29, 0.717) is 5.92 Å². The summed E-state index contributed by atoms with van der Waals surface area (Å²) in [6, 6.07) is 3.63. The van der Waals surface area contributed by atoms with Crippen LogP contribution in [0.4, 0.5) is 0 Å². The van der Waals surface area contributed by atoms with E-state index < -0.39 is 0 Å². The Kier molecular flexibility index (Phi) is 5.30. The first-order valence-corrected chi connectivity index (χ1v) is 6.31. The van der Waals surface area contributed by atoms with Crippen LogP contribution in [0.25, 0.3) is 0 Å². The monoisotopic (exact) mass is 221 g/mol. The first kappa shape index (κ1) is 13.0. The zero-order valence-electron chi connectivity index (χ0n) is 10.7. The summed E-state index contributed by atoms with van der Waals surface area (Å²) in [5.74, 6) is 0.559. The lowest BCUT2D eigenvalue weighted by atomic mass is 9.96. The van der Waals surface area contributed by atoms with Crippen LogP contribution >= 0.6 is 0 Å². The molecule has 1 atom stereocenters. The topological polar surface area (TPSA) is 22.0 Å². The molecule has 0 aromatic carbocycles. The van der Waals surface area contributed by atoms with Gasteiger partial charge < -0.3 is 4.57 Å². The Morgan fingerprint density at radius 1 is 1.25 bits per heavy atom. The molecule has 2 nitrogen and oxygen atoms in total. The van der Waals surface area contributed by atoms with Crippen molar-refractivity contribution in [1.29, 1.82) is 0 Å². The van der Waals surface area contributed by atoms with Gasteiger partial charge in [0.05, 0.1) is 0 Å². The van der Waals surface area contributed by atoms with Crippen molar-refractivity contribution in [2.75, 3.05) is 0 Å². The van der Waals surface area contributed by atoms with Crippen molar-refractivity contribution in [3.05, 3.63) is 34.2 Å². The van der Waals surface area contributed by atoms with Gasteiger partial charge in [-0.1, -0.05) is 45.6 Å². The average Bonchev–Trinajstić information content (AvgIpc) is 2.28. The second-order valence-corrected chi connectivity index (χ2v) is 4.66.